The van der Waals surface area contributed by atoms with E-state index in [-0.39, 0.29) is 6.03 Å². The van der Waals surface area contributed by atoms with Gasteiger partial charge in [-0.25, -0.2) is 9.80 Å². The fourth-order valence-electron chi connectivity index (χ4n) is 0.596. The Labute approximate surface area is 47.2 Å². The molecule has 0 bridgehead atoms. The van der Waals surface area contributed by atoms with Crippen molar-refractivity contribution in [2.75, 3.05) is 13.1 Å². The molecule has 1 aliphatic heterocycles. The summed E-state index contributed by atoms with van der Waals surface area (Å²) in [6.45, 7) is 4.53. The lowest BCUT2D eigenvalue weighted by molar-refractivity contribution is 0.220. The van der Waals surface area contributed by atoms with Crippen LogP contribution in [0.5, 0.6) is 0 Å². The van der Waals surface area contributed by atoms with E-state index in [0.29, 0.717) is 13.1 Å². The van der Waals surface area contributed by atoms with E-state index < -0.39 is 0 Å². The summed E-state index contributed by atoms with van der Waals surface area (Å²) in [5.41, 5.74) is 0. The lowest BCUT2D eigenvalue weighted by Crippen LogP contribution is -2.22. The van der Waals surface area contributed by atoms with E-state index in [2.05, 4.69) is 17.1 Å². The van der Waals surface area contributed by atoms with Crippen LogP contribution >= 0.6 is 0 Å². The van der Waals surface area contributed by atoms with Gasteiger partial charge in [-0.3, -0.25) is 0 Å². The molecule has 0 aromatic rings. The van der Waals surface area contributed by atoms with Crippen molar-refractivity contribution in [2.24, 2.45) is 5.10 Å². The highest BCUT2D eigenvalue weighted by Crippen LogP contribution is 1.93. The molecule has 2 amide bonds. The number of urea groups is 1. The molecule has 1 N–H and O–H groups in total. The number of nitrogens with zero attached hydrogens (tertiary/aromatic N) is 2. The zero-order valence-corrected chi connectivity index (χ0v) is 4.42. The van der Waals surface area contributed by atoms with Crippen LogP contribution in [0.1, 0.15) is 0 Å². The highest BCUT2D eigenvalue weighted by molar-refractivity contribution is 5.76. The molecule has 8 heavy (non-hydrogen) atoms. The fraction of sp³-hybridized carbons (Fsp3) is 0.500. The third-order valence-corrected chi connectivity index (χ3v) is 1.00. The monoisotopic (exact) mass is 113 g/mol. The van der Waals surface area contributed by atoms with Crippen LogP contribution in [0, 0.1) is 0 Å². The number of rotatable bonds is 1. The number of carbonyl (C=O) groups excluding carboxylic acids is 1. The van der Waals surface area contributed by atoms with Crippen LogP contribution in [0.3, 0.4) is 0 Å². The van der Waals surface area contributed by atoms with Gasteiger partial charge < -0.3 is 5.32 Å². The largest absolute Gasteiger partial charge is 0.337 e. The number of nitrogens with one attached hydrogen (secondary N) is 1. The van der Waals surface area contributed by atoms with Gasteiger partial charge in [0.2, 0.25) is 0 Å². The van der Waals surface area contributed by atoms with E-state index in [4.69, 9.17) is 0 Å². The summed E-state index contributed by atoms with van der Waals surface area (Å²) in [5, 5.41) is 7.31. The van der Waals surface area contributed by atoms with Crippen LogP contribution in [-0.2, 0) is 0 Å². The van der Waals surface area contributed by atoms with Gasteiger partial charge in [0.15, 0.2) is 0 Å². The van der Waals surface area contributed by atoms with Gasteiger partial charge >= 0.3 is 6.03 Å². The smallest absolute Gasteiger partial charge is 0.335 e. The second-order valence-electron chi connectivity index (χ2n) is 1.50. The van der Waals surface area contributed by atoms with Crippen molar-refractivity contribution in [2.45, 2.75) is 0 Å². The molecule has 1 saturated heterocycles. The summed E-state index contributed by atoms with van der Waals surface area (Å²) in [6.07, 6.45) is 0. The third kappa shape index (κ3) is 0.641. The van der Waals surface area contributed by atoms with Gasteiger partial charge in [0.05, 0.1) is 6.54 Å². The standard InChI is InChI=1S/C4H7N3O/c1-5-7-3-2-6-4(7)8/h1-3H2,(H,6,8). The summed E-state index contributed by atoms with van der Waals surface area (Å²) in [5.74, 6) is 0. The first kappa shape index (κ1) is 5.08. The Bertz CT molecular complexity index is 122. The summed E-state index contributed by atoms with van der Waals surface area (Å²) < 4.78 is 0. The average molecular weight is 113 g/mol. The molecular weight excluding hydrogens is 106 g/mol. The summed E-state index contributed by atoms with van der Waals surface area (Å²) in [4.78, 5) is 10.5. The minimum Gasteiger partial charge on any atom is -0.335 e. The van der Waals surface area contributed by atoms with Gasteiger partial charge in [0.25, 0.3) is 0 Å². The first-order chi connectivity index (χ1) is 3.84. The van der Waals surface area contributed by atoms with Crippen molar-refractivity contribution < 1.29 is 4.79 Å². The van der Waals surface area contributed by atoms with Crippen LogP contribution in [0.2, 0.25) is 0 Å². The Morgan fingerprint density at radius 3 is 2.88 bits per heavy atom. The molecule has 1 fully saturated rings. The lowest BCUT2D eigenvalue weighted by atomic mass is 10.7. The van der Waals surface area contributed by atoms with E-state index in [1.165, 1.54) is 5.01 Å². The minimum absolute atomic E-state index is 0.153. The fourth-order valence-corrected chi connectivity index (χ4v) is 0.596. The second kappa shape index (κ2) is 1.81. The maximum Gasteiger partial charge on any atom is 0.337 e. The van der Waals surface area contributed by atoms with Gasteiger partial charge in [0, 0.05) is 13.3 Å². The number of hydrogen-bond acceptors (Lipinski definition) is 2. The van der Waals surface area contributed by atoms with Crippen molar-refractivity contribution in [3.63, 3.8) is 0 Å². The topological polar surface area (TPSA) is 44.7 Å². The van der Waals surface area contributed by atoms with E-state index in [0.717, 1.165) is 0 Å². The normalized spacial score (nSPS) is 18.5. The highest BCUT2D eigenvalue weighted by Gasteiger charge is 2.16. The van der Waals surface area contributed by atoms with Crippen LogP contribution in [0.15, 0.2) is 5.10 Å². The van der Waals surface area contributed by atoms with Crippen LogP contribution < -0.4 is 5.32 Å². The number of amides is 2. The molecule has 0 unspecified atom stereocenters. The highest BCUT2D eigenvalue weighted by atomic mass is 16.2. The minimum atomic E-state index is -0.153. The van der Waals surface area contributed by atoms with Gasteiger partial charge in [-0.2, -0.15) is 5.10 Å². The summed E-state index contributed by atoms with van der Waals surface area (Å²) >= 11 is 0. The lowest BCUT2D eigenvalue weighted by Gasteiger charge is -2.01. The van der Waals surface area contributed by atoms with E-state index in [1.54, 1.807) is 0 Å². The molecule has 0 aliphatic carbocycles. The van der Waals surface area contributed by atoms with Crippen molar-refractivity contribution in [3.8, 4) is 0 Å². The average Bonchev–Trinajstić information content (AvgIpc) is 2.14. The maximum atomic E-state index is 10.5. The molecule has 4 nitrogen and oxygen atoms in total. The number of hydrogen-bond donors (Lipinski definition) is 1. The van der Waals surface area contributed by atoms with Crippen molar-refractivity contribution in [3.05, 3.63) is 0 Å². The molecule has 1 heterocycles. The van der Waals surface area contributed by atoms with Crippen LogP contribution in [-0.4, -0.2) is 30.8 Å². The second-order valence-corrected chi connectivity index (χ2v) is 1.50. The Kier molecular flexibility index (Phi) is 1.15. The predicted octanol–water partition coefficient (Wildman–Crippen LogP) is -0.373. The van der Waals surface area contributed by atoms with Crippen LogP contribution in [0.25, 0.3) is 0 Å². The van der Waals surface area contributed by atoms with Crippen molar-refractivity contribution in [1.82, 2.24) is 10.3 Å². The Morgan fingerprint density at radius 2 is 2.62 bits per heavy atom. The molecule has 0 radical (unpaired) electrons. The van der Waals surface area contributed by atoms with E-state index in [9.17, 15) is 4.79 Å². The molecule has 44 valence electrons. The molecule has 0 aromatic carbocycles. The van der Waals surface area contributed by atoms with Crippen molar-refractivity contribution >= 4 is 12.7 Å². The summed E-state index contributed by atoms with van der Waals surface area (Å²) in [6, 6.07) is -0.153. The van der Waals surface area contributed by atoms with Gasteiger partial charge in [-0.15, -0.1) is 0 Å². The zero-order valence-electron chi connectivity index (χ0n) is 4.42. The van der Waals surface area contributed by atoms with E-state index >= 15 is 0 Å². The quantitative estimate of drug-likeness (QED) is 0.463. The zero-order chi connectivity index (χ0) is 5.98. The molecule has 0 saturated carbocycles. The third-order valence-electron chi connectivity index (χ3n) is 1.00. The van der Waals surface area contributed by atoms with Crippen molar-refractivity contribution in [1.29, 1.82) is 0 Å². The van der Waals surface area contributed by atoms with E-state index in [1.807, 2.05) is 0 Å². The molecule has 0 atom stereocenters. The SMILES string of the molecule is C=NN1CCNC1=O. The maximum absolute atomic E-state index is 10.5. The molecule has 1 aliphatic rings. The molecular formula is C4H7N3O. The van der Waals surface area contributed by atoms with Gasteiger partial charge in [-0.05, 0) is 0 Å². The first-order valence-electron chi connectivity index (χ1n) is 2.36. The number of carbonyl (C=O) groups is 1. The summed E-state index contributed by atoms with van der Waals surface area (Å²) in [7, 11) is 0. The Balaban J connectivity index is 2.54. The van der Waals surface area contributed by atoms with Gasteiger partial charge in [-0.1, -0.05) is 0 Å². The molecule has 0 aromatic heterocycles. The Hall–Kier alpha value is -1.06. The molecule has 1 rings (SSSR count). The predicted molar refractivity (Wildman–Crippen MR) is 29.7 cm³/mol. The molecule has 4 heteroatoms. The first-order valence-corrected chi connectivity index (χ1v) is 2.36. The number of hydrazone groups is 1. The molecule has 0 spiro atoms. The van der Waals surface area contributed by atoms with Crippen LogP contribution in [0.4, 0.5) is 4.79 Å². The van der Waals surface area contributed by atoms with Gasteiger partial charge in [0.1, 0.15) is 0 Å². The Morgan fingerprint density at radius 1 is 1.88 bits per heavy atom.